The van der Waals surface area contributed by atoms with E-state index in [0.29, 0.717) is 5.16 Å². The summed E-state index contributed by atoms with van der Waals surface area (Å²) in [6.45, 7) is 1.78. The Morgan fingerprint density at radius 1 is 1.24 bits per heavy atom. The van der Waals surface area contributed by atoms with Crippen molar-refractivity contribution in [2.45, 2.75) is 17.3 Å². The fourth-order valence-corrected chi connectivity index (χ4v) is 2.62. The van der Waals surface area contributed by atoms with Crippen molar-refractivity contribution in [3.05, 3.63) is 24.3 Å². The second-order valence-electron chi connectivity index (χ2n) is 4.38. The Balaban J connectivity index is 2.21. The zero-order valence-electron chi connectivity index (χ0n) is 12.4. The summed E-state index contributed by atoms with van der Waals surface area (Å²) in [5.74, 6) is 1.24. The fourth-order valence-electron chi connectivity index (χ4n) is 1.78. The monoisotopic (exact) mass is 307 g/mol. The Morgan fingerprint density at radius 2 is 1.90 bits per heavy atom. The molecule has 1 atom stereocenters. The van der Waals surface area contributed by atoms with Gasteiger partial charge in [-0.2, -0.15) is 0 Å². The number of benzene rings is 1. The van der Waals surface area contributed by atoms with E-state index in [0.717, 1.165) is 17.1 Å². The van der Waals surface area contributed by atoms with E-state index >= 15 is 0 Å². The van der Waals surface area contributed by atoms with E-state index in [9.17, 15) is 4.79 Å². The van der Waals surface area contributed by atoms with Crippen LogP contribution in [0.5, 0.6) is 5.75 Å². The zero-order chi connectivity index (χ0) is 15.4. The summed E-state index contributed by atoms with van der Waals surface area (Å²) in [6, 6.07) is 7.57. The predicted molar refractivity (Wildman–Crippen MR) is 80.3 cm³/mol. The minimum atomic E-state index is -0.332. The Kier molecular flexibility index (Phi) is 4.85. The molecule has 0 N–H and O–H groups in total. The van der Waals surface area contributed by atoms with Crippen LogP contribution in [-0.4, -0.2) is 40.2 Å². The third-order valence-electron chi connectivity index (χ3n) is 3.00. The first kappa shape index (κ1) is 15.4. The third-order valence-corrected chi connectivity index (χ3v) is 4.11. The molecule has 1 heterocycles. The number of hydrogen-bond acceptors (Lipinski definition) is 6. The van der Waals surface area contributed by atoms with Crippen LogP contribution >= 0.6 is 11.8 Å². The first-order valence-corrected chi connectivity index (χ1v) is 7.23. The van der Waals surface area contributed by atoms with E-state index in [1.165, 1.54) is 18.9 Å². The molecule has 112 valence electrons. The first-order chi connectivity index (χ1) is 10.1. The van der Waals surface area contributed by atoms with Crippen LogP contribution in [0.1, 0.15) is 6.92 Å². The molecule has 0 aliphatic rings. The number of esters is 1. The molecule has 0 aliphatic heterocycles. The number of carbonyl (C=O) groups is 1. The van der Waals surface area contributed by atoms with Gasteiger partial charge in [-0.05, 0) is 31.2 Å². The molecule has 0 amide bonds. The maximum Gasteiger partial charge on any atom is 0.318 e. The molecule has 0 fully saturated rings. The molecule has 2 aromatic rings. The number of thioether (sulfide) groups is 1. The standard InChI is InChI=1S/C14H17N3O3S/c1-9(13(18)20-4)21-14-16-15-12(17(14)2)10-5-7-11(19-3)8-6-10/h5-9H,1-4H3/t9-/m1/s1. The molecule has 7 heteroatoms. The van der Waals surface area contributed by atoms with E-state index in [-0.39, 0.29) is 11.2 Å². The molecule has 0 radical (unpaired) electrons. The average molecular weight is 307 g/mol. The molecule has 0 aliphatic carbocycles. The van der Waals surface area contributed by atoms with Crippen molar-refractivity contribution in [3.63, 3.8) is 0 Å². The number of ether oxygens (including phenoxy) is 2. The summed E-state index contributed by atoms with van der Waals surface area (Å²) >= 11 is 1.32. The average Bonchev–Trinajstić information content (AvgIpc) is 2.87. The van der Waals surface area contributed by atoms with Crippen LogP contribution in [0.3, 0.4) is 0 Å². The summed E-state index contributed by atoms with van der Waals surface area (Å²) in [5, 5.41) is 8.64. The lowest BCUT2D eigenvalue weighted by Crippen LogP contribution is -2.15. The third kappa shape index (κ3) is 3.36. The lowest BCUT2D eigenvalue weighted by Gasteiger charge is -2.08. The molecule has 0 unspecified atom stereocenters. The van der Waals surface area contributed by atoms with Gasteiger partial charge in [-0.15, -0.1) is 10.2 Å². The Hall–Kier alpha value is -2.02. The minimum Gasteiger partial charge on any atom is -0.497 e. The molecular weight excluding hydrogens is 290 g/mol. The van der Waals surface area contributed by atoms with Crippen molar-refractivity contribution < 1.29 is 14.3 Å². The van der Waals surface area contributed by atoms with E-state index < -0.39 is 0 Å². The molecule has 1 aromatic carbocycles. The molecule has 21 heavy (non-hydrogen) atoms. The number of hydrogen-bond donors (Lipinski definition) is 0. The molecule has 0 saturated heterocycles. The lowest BCUT2D eigenvalue weighted by atomic mass is 10.2. The van der Waals surface area contributed by atoms with E-state index in [1.54, 1.807) is 14.0 Å². The van der Waals surface area contributed by atoms with Crippen molar-refractivity contribution in [2.75, 3.05) is 14.2 Å². The van der Waals surface area contributed by atoms with Crippen LogP contribution in [0.25, 0.3) is 11.4 Å². The summed E-state index contributed by atoms with van der Waals surface area (Å²) < 4.78 is 11.7. The van der Waals surface area contributed by atoms with Crippen LogP contribution in [0.4, 0.5) is 0 Å². The topological polar surface area (TPSA) is 66.2 Å². The molecule has 1 aromatic heterocycles. The maximum atomic E-state index is 11.5. The summed E-state index contributed by atoms with van der Waals surface area (Å²) in [4.78, 5) is 11.5. The van der Waals surface area contributed by atoms with Gasteiger partial charge >= 0.3 is 5.97 Å². The van der Waals surface area contributed by atoms with E-state index in [2.05, 4.69) is 10.2 Å². The quantitative estimate of drug-likeness (QED) is 0.623. The van der Waals surface area contributed by atoms with Crippen LogP contribution in [0.2, 0.25) is 0 Å². The van der Waals surface area contributed by atoms with Crippen LogP contribution in [0.15, 0.2) is 29.4 Å². The highest BCUT2D eigenvalue weighted by molar-refractivity contribution is 8.00. The number of aromatic nitrogens is 3. The van der Waals surface area contributed by atoms with Gasteiger partial charge in [0.1, 0.15) is 11.0 Å². The molecule has 0 bridgehead atoms. The van der Waals surface area contributed by atoms with Crippen LogP contribution < -0.4 is 4.74 Å². The zero-order valence-corrected chi connectivity index (χ0v) is 13.2. The Morgan fingerprint density at radius 3 is 2.48 bits per heavy atom. The van der Waals surface area contributed by atoms with E-state index in [1.807, 2.05) is 35.9 Å². The Labute approximate surface area is 127 Å². The normalized spacial score (nSPS) is 12.0. The van der Waals surface area contributed by atoms with Crippen molar-refractivity contribution >= 4 is 17.7 Å². The predicted octanol–water partition coefficient (Wildman–Crippen LogP) is 2.14. The van der Waals surface area contributed by atoms with Gasteiger partial charge in [0.25, 0.3) is 0 Å². The number of carbonyl (C=O) groups excluding carboxylic acids is 1. The smallest absolute Gasteiger partial charge is 0.318 e. The SMILES string of the molecule is COC(=O)[C@@H](C)Sc1nnc(-c2ccc(OC)cc2)n1C. The van der Waals surface area contributed by atoms with Crippen molar-refractivity contribution in [1.29, 1.82) is 0 Å². The number of rotatable bonds is 5. The summed E-state index contributed by atoms with van der Waals surface area (Å²) in [5.41, 5.74) is 0.934. The highest BCUT2D eigenvalue weighted by Crippen LogP contribution is 2.26. The van der Waals surface area contributed by atoms with Gasteiger partial charge in [0.2, 0.25) is 0 Å². The number of methoxy groups -OCH3 is 2. The van der Waals surface area contributed by atoms with Crippen LogP contribution in [0, 0.1) is 0 Å². The van der Waals surface area contributed by atoms with Gasteiger partial charge in [-0.3, -0.25) is 4.79 Å². The van der Waals surface area contributed by atoms with Gasteiger partial charge < -0.3 is 14.0 Å². The number of nitrogens with zero attached hydrogens (tertiary/aromatic N) is 3. The molecule has 0 spiro atoms. The van der Waals surface area contributed by atoms with Crippen LogP contribution in [-0.2, 0) is 16.6 Å². The second kappa shape index (κ2) is 6.62. The molecule has 6 nitrogen and oxygen atoms in total. The molecular formula is C14H17N3O3S. The fraction of sp³-hybridized carbons (Fsp3) is 0.357. The van der Waals surface area contributed by atoms with Crippen molar-refractivity contribution in [1.82, 2.24) is 14.8 Å². The lowest BCUT2D eigenvalue weighted by molar-refractivity contribution is -0.139. The summed E-state index contributed by atoms with van der Waals surface area (Å²) in [7, 11) is 4.87. The van der Waals surface area contributed by atoms with Gasteiger partial charge in [0.15, 0.2) is 11.0 Å². The van der Waals surface area contributed by atoms with Gasteiger partial charge in [0, 0.05) is 12.6 Å². The highest BCUT2D eigenvalue weighted by atomic mass is 32.2. The highest BCUT2D eigenvalue weighted by Gasteiger charge is 2.19. The second-order valence-corrected chi connectivity index (χ2v) is 5.68. The Bertz CT molecular complexity index is 625. The van der Waals surface area contributed by atoms with Crippen molar-refractivity contribution in [2.24, 2.45) is 7.05 Å². The molecule has 2 rings (SSSR count). The summed E-state index contributed by atoms with van der Waals surface area (Å²) in [6.07, 6.45) is 0. The van der Waals surface area contributed by atoms with Gasteiger partial charge in [-0.1, -0.05) is 11.8 Å². The van der Waals surface area contributed by atoms with E-state index in [4.69, 9.17) is 9.47 Å². The molecule has 0 saturated carbocycles. The minimum absolute atomic E-state index is 0.283. The van der Waals surface area contributed by atoms with Gasteiger partial charge in [-0.25, -0.2) is 0 Å². The maximum absolute atomic E-state index is 11.5. The largest absolute Gasteiger partial charge is 0.497 e. The van der Waals surface area contributed by atoms with Crippen molar-refractivity contribution in [3.8, 4) is 17.1 Å². The first-order valence-electron chi connectivity index (χ1n) is 6.35. The van der Waals surface area contributed by atoms with Gasteiger partial charge in [0.05, 0.1) is 14.2 Å².